The van der Waals surface area contributed by atoms with Crippen molar-refractivity contribution in [1.29, 1.82) is 0 Å². The topological polar surface area (TPSA) is 0 Å². The van der Waals surface area contributed by atoms with Gasteiger partial charge in [-0.1, -0.05) is 0 Å². The summed E-state index contributed by atoms with van der Waals surface area (Å²) in [4.78, 5) is 0. The van der Waals surface area contributed by atoms with E-state index in [-0.39, 0.29) is 51.9 Å². The van der Waals surface area contributed by atoms with Crippen molar-refractivity contribution < 1.29 is 46.1 Å². The molecule has 55 heavy (non-hydrogen) atoms. The van der Waals surface area contributed by atoms with Crippen molar-refractivity contribution in [3.8, 4) is 11.1 Å². The molecular formula is C52H66Cl2Zr. The zero-order chi connectivity index (χ0) is 39.1. The minimum absolute atomic E-state index is 0. The summed E-state index contributed by atoms with van der Waals surface area (Å²) in [7, 11) is 0. The van der Waals surface area contributed by atoms with E-state index in [4.69, 9.17) is 0 Å². The van der Waals surface area contributed by atoms with Crippen LogP contribution in [0.3, 0.4) is 0 Å². The molecule has 4 aromatic carbocycles. The molecule has 0 saturated heterocycles. The fraction of sp³-hybridized carbons (Fsp3) is 0.442. The van der Waals surface area contributed by atoms with Gasteiger partial charge in [0.15, 0.2) is 0 Å². The van der Waals surface area contributed by atoms with Crippen molar-refractivity contribution in [1.82, 2.24) is 0 Å². The van der Waals surface area contributed by atoms with E-state index in [1.54, 1.807) is 15.3 Å². The first kappa shape index (κ1) is 45.4. The second-order valence-corrected chi connectivity index (χ2v) is 27.1. The van der Waals surface area contributed by atoms with Crippen LogP contribution in [0.5, 0.6) is 0 Å². The normalized spacial score (nSPS) is 15.5. The smallest absolute Gasteiger partial charge is 1.00 e. The second-order valence-electron chi connectivity index (χ2n) is 21.3. The average Bonchev–Trinajstić information content (AvgIpc) is 3.62. The third kappa shape index (κ3) is 9.37. The van der Waals surface area contributed by atoms with Gasteiger partial charge in [0.25, 0.3) is 0 Å². The number of allylic oxidation sites excluding steroid dienone is 4. The number of hydrogen-bond acceptors (Lipinski definition) is 0. The van der Waals surface area contributed by atoms with Crippen molar-refractivity contribution in [3.63, 3.8) is 0 Å². The fourth-order valence-corrected chi connectivity index (χ4v) is 16.5. The quantitative estimate of drug-likeness (QED) is 0.176. The summed E-state index contributed by atoms with van der Waals surface area (Å²) >= 11 is -3.00. The van der Waals surface area contributed by atoms with Crippen molar-refractivity contribution in [3.05, 3.63) is 144 Å². The van der Waals surface area contributed by atoms with Crippen molar-refractivity contribution >= 4 is 6.48 Å². The Labute approximate surface area is 355 Å². The van der Waals surface area contributed by atoms with Crippen LogP contribution in [0.15, 0.2) is 99.9 Å². The molecule has 0 bridgehead atoms. The van der Waals surface area contributed by atoms with E-state index >= 15 is 0 Å². The van der Waals surface area contributed by atoms with Gasteiger partial charge in [-0.15, -0.1) is 0 Å². The Morgan fingerprint density at radius 2 is 0.945 bits per heavy atom. The molecule has 0 nitrogen and oxygen atoms in total. The number of benzene rings is 4. The zero-order valence-electron chi connectivity index (χ0n) is 36.7. The fourth-order valence-electron chi connectivity index (χ4n) is 8.03. The molecule has 0 heterocycles. The molecule has 0 amide bonds. The van der Waals surface area contributed by atoms with Gasteiger partial charge in [0, 0.05) is 0 Å². The first-order chi connectivity index (χ1) is 24.3. The summed E-state index contributed by atoms with van der Waals surface area (Å²) in [5.74, 6) is 0.404. The van der Waals surface area contributed by atoms with Crippen LogP contribution in [0.1, 0.15) is 155 Å². The minimum atomic E-state index is -3.00. The summed E-state index contributed by atoms with van der Waals surface area (Å²) in [5, 5.41) is 0. The predicted octanol–water partition coefficient (Wildman–Crippen LogP) is 7.47. The van der Waals surface area contributed by atoms with E-state index < -0.39 is 21.3 Å². The molecule has 0 aromatic heterocycles. The Morgan fingerprint density at radius 3 is 1.36 bits per heavy atom. The molecule has 4 aromatic rings. The molecule has 0 N–H and O–H groups in total. The van der Waals surface area contributed by atoms with Crippen molar-refractivity contribution in [2.24, 2.45) is 11.3 Å². The molecule has 0 aliphatic heterocycles. The summed E-state index contributed by atoms with van der Waals surface area (Å²) in [6.45, 7) is 37.8. The molecule has 2 aliphatic carbocycles. The van der Waals surface area contributed by atoms with Gasteiger partial charge >= 0.3 is 333 Å². The van der Waals surface area contributed by atoms with Gasteiger partial charge in [-0.25, -0.2) is 0 Å². The van der Waals surface area contributed by atoms with E-state index in [1.807, 2.05) is 0 Å². The Hall–Kier alpha value is -2.31. The van der Waals surface area contributed by atoms with Crippen molar-refractivity contribution in [2.75, 3.05) is 0 Å². The van der Waals surface area contributed by atoms with Gasteiger partial charge < -0.3 is 24.8 Å². The molecule has 0 saturated carbocycles. The molecule has 3 heteroatoms. The van der Waals surface area contributed by atoms with Gasteiger partial charge in [-0.2, -0.15) is 0 Å². The zero-order valence-corrected chi connectivity index (χ0v) is 40.7. The van der Waals surface area contributed by atoms with Crippen LogP contribution in [0.25, 0.3) is 11.1 Å². The van der Waals surface area contributed by atoms with Gasteiger partial charge in [0.05, 0.1) is 0 Å². The Balaban J connectivity index is 0.00000336. The molecule has 0 spiro atoms. The maximum absolute atomic E-state index is 3.00. The van der Waals surface area contributed by atoms with E-state index in [1.165, 1.54) is 55.6 Å². The van der Waals surface area contributed by atoms with Crippen LogP contribution in [0.4, 0.5) is 0 Å². The van der Waals surface area contributed by atoms with Crippen LogP contribution < -0.4 is 28.1 Å². The molecule has 1 atom stereocenters. The number of rotatable bonds is 4. The maximum atomic E-state index is 2.69. The molecular weight excluding hydrogens is 787 g/mol. The standard InChI is InChI=1S/C21H25.C21H26.C10H15.2ClH.Zr/c1-20(2,3)16-9-7-14-11-15-8-10-17(21(4,5)6)13-19(15)18(14)12-16;1-20(2,3)18-11-7-16(8-12-18)15-17-9-13-19(14-10-17)21(4,5)6;1-8-5-6-9(7-8)10(2,3)4;;;/h7,9-10,12-13H,11H2,1-6H3;7-14H,1-6H3;6-8H,1-4H3;2*1H;/q;;;;;+2/p-2. The largest absolute Gasteiger partial charge is 1.00 e. The first-order valence-corrected chi connectivity index (χ1v) is 23.7. The van der Waals surface area contributed by atoms with E-state index in [2.05, 4.69) is 202 Å². The van der Waals surface area contributed by atoms with Crippen molar-refractivity contribution in [2.45, 2.75) is 139 Å². The second kappa shape index (κ2) is 15.8. The summed E-state index contributed by atoms with van der Waals surface area (Å²) in [6, 6.07) is 32.1. The van der Waals surface area contributed by atoms with Crippen LogP contribution in [0, 0.1) is 11.3 Å². The van der Waals surface area contributed by atoms with Gasteiger partial charge in [0.2, 0.25) is 0 Å². The van der Waals surface area contributed by atoms with Crippen LogP contribution in [-0.4, -0.2) is 3.21 Å². The molecule has 1 unspecified atom stereocenters. The summed E-state index contributed by atoms with van der Waals surface area (Å²) in [5.41, 5.74) is 16.4. The Morgan fingerprint density at radius 1 is 0.509 bits per heavy atom. The Kier molecular flexibility index (Phi) is 13.0. The maximum Gasteiger partial charge on any atom is -1.00 e. The molecule has 6 rings (SSSR count). The monoisotopic (exact) mass is 850 g/mol. The first-order valence-electron chi connectivity index (χ1n) is 20.1. The number of halogens is 2. The average molecular weight is 853 g/mol. The van der Waals surface area contributed by atoms with Crippen LogP contribution in [-0.2, 0) is 49.3 Å². The third-order valence-corrected chi connectivity index (χ3v) is 19.7. The number of hydrogen-bond donors (Lipinski definition) is 0. The van der Waals surface area contributed by atoms with E-state index in [0.29, 0.717) is 5.92 Å². The van der Waals surface area contributed by atoms with Gasteiger partial charge in [-0.05, 0) is 0 Å². The Bertz CT molecular complexity index is 2080. The van der Waals surface area contributed by atoms with Crippen LogP contribution >= 0.6 is 0 Å². The number of fused-ring (bicyclic) bond motifs is 3. The van der Waals surface area contributed by atoms with Gasteiger partial charge in [0.1, 0.15) is 0 Å². The molecule has 0 fully saturated rings. The van der Waals surface area contributed by atoms with E-state index in [9.17, 15) is 0 Å². The SMILES string of the molecule is CC1C=C(C(C)(C)C)C=[C]1[Zr+2](=[C](c1ccc(C(C)(C)C)cc1)c1ccc(C(C)(C)C)cc1)[c]1cc(C(C)(C)C)cc2c1Cc1ccc(C(C)(C)C)cc1-2.[Cl-].[Cl-]. The van der Waals surface area contributed by atoms with Gasteiger partial charge in [-0.3, -0.25) is 0 Å². The predicted molar refractivity (Wildman–Crippen MR) is 230 cm³/mol. The molecule has 2 aliphatic rings. The molecule has 0 radical (unpaired) electrons. The summed E-state index contributed by atoms with van der Waals surface area (Å²) in [6.07, 6.45) is 6.28. The van der Waals surface area contributed by atoms with Crippen LogP contribution in [0.2, 0.25) is 0 Å². The van der Waals surface area contributed by atoms with E-state index in [0.717, 1.165) is 6.42 Å². The minimum Gasteiger partial charge on any atom is -1.00 e. The third-order valence-electron chi connectivity index (χ3n) is 11.7. The molecule has 292 valence electrons. The summed E-state index contributed by atoms with van der Waals surface area (Å²) < 4.78 is 4.97.